The topological polar surface area (TPSA) is 166 Å². The first-order chi connectivity index (χ1) is 42.6. The van der Waals surface area contributed by atoms with Crippen LogP contribution in [0.4, 0.5) is 18.0 Å². The average molecular weight is 1420 g/mol. The molecule has 0 saturated carbocycles. The number of morpholine rings is 1. The van der Waals surface area contributed by atoms with E-state index in [9.17, 15) is 46.5 Å². The summed E-state index contributed by atoms with van der Waals surface area (Å²) in [6.07, 6.45) is 6.60. The number of cyclic esters (lactones) is 1. The highest BCUT2D eigenvalue weighted by atomic mass is 32.2. The second kappa shape index (κ2) is 46.2. The number of alkyl halides is 3. The molecule has 97 heavy (non-hydrogen) atoms. The molecule has 0 aromatic heterocycles. The van der Waals surface area contributed by atoms with E-state index in [1.807, 2.05) is 60.3 Å². The molecule has 4 N–H and O–H groups in total. The van der Waals surface area contributed by atoms with Gasteiger partial charge in [0.1, 0.15) is 15.4 Å². The summed E-state index contributed by atoms with van der Waals surface area (Å²) in [4.78, 5) is 28.0. The Kier molecular flexibility index (Phi) is 50.6. The van der Waals surface area contributed by atoms with Crippen LogP contribution in [0.15, 0.2) is 0 Å². The Hall–Kier alpha value is -1.72. The normalized spacial score (nSPS) is 18.5. The third-order valence-corrected chi connectivity index (χ3v) is 20.7. The molecule has 2 rings (SSSR count). The quantitative estimate of drug-likeness (QED) is 0.0774. The second-order valence-corrected chi connectivity index (χ2v) is 40.5. The van der Waals surface area contributed by atoms with Crippen molar-refractivity contribution < 1.29 is 56.0 Å². The molecule has 0 spiro atoms. The van der Waals surface area contributed by atoms with Crippen LogP contribution in [-0.4, -0.2) is 140 Å². The monoisotopic (exact) mass is 1420 g/mol. The molecule has 0 aliphatic carbocycles. The standard InChI is InChI=1S/C13H25NO2.C13H27NO.C12H23F3O.C12H25NO.C10H22O2S.2C10H22O.CH4/c1-7-10(12(2,3)4)8-14-9-13(5,6)16-11(14)15;1-8-10(13(5,6)7)11(15)14-9-12(2,3)4;1-6-9(10(2,3)4)7-8-11(5,16)12(13,14)15;1-5-11(12(2,3)4)10-13-6-8-14-9-7-13;1-6-9(10(2,3)4)7-8-13(5,11)12;2*1-6-9(7-8(2)11)10(3,4)5;/h10H,7-9H2,1-6H3;10H,8-9H2,1-7H3,(H,14,15);9,16H,6-8H2,1-5H3;11H,5-10H2,1-4H3;9H,6-8H2,1-5H3;2*8-9,11H,6-7H2,1-5H3;1H4. The number of hydrogen-bond acceptors (Lipinski definition) is 10. The SMILES string of the molecule is C.CCC(C(=O)NCC(C)(C)C)C(C)(C)C.CCC(CC(C)O)C(C)(C)C.CCC(CC(C)O)C(C)(C)C.CCC(CCC(C)(O)C(F)(F)F)C(C)(C)C.CCC(CCS(C)(=O)=O)C(C)(C)C.CCC(CN1CC(C)(C)OC1=O)C(C)(C)C.CCC(CN1CCOCC1)C(C)(C)C. The Morgan fingerprint density at radius 2 is 0.876 bits per heavy atom. The number of carbonyl (C=O) groups is 2. The minimum Gasteiger partial charge on any atom is -0.441 e. The highest BCUT2D eigenvalue weighted by Crippen LogP contribution is 2.40. The summed E-state index contributed by atoms with van der Waals surface area (Å²) < 4.78 is 69.9. The van der Waals surface area contributed by atoms with Crippen molar-refractivity contribution in [3.63, 3.8) is 0 Å². The molecule has 2 aliphatic heterocycles. The molecule has 10 unspecified atom stereocenters. The van der Waals surface area contributed by atoms with Gasteiger partial charge >= 0.3 is 12.3 Å². The molecule has 2 heterocycles. The van der Waals surface area contributed by atoms with Gasteiger partial charge in [-0.25, -0.2) is 13.2 Å². The lowest BCUT2D eigenvalue weighted by molar-refractivity contribution is -0.256. The van der Waals surface area contributed by atoms with Gasteiger partial charge in [0.15, 0.2) is 5.60 Å². The number of halogens is 3. The van der Waals surface area contributed by atoms with Gasteiger partial charge in [0.05, 0.1) is 37.7 Å². The van der Waals surface area contributed by atoms with Crippen LogP contribution >= 0.6 is 0 Å². The number of nitrogens with zero attached hydrogens (tertiary/aromatic N) is 2. The molecular weight excluding hydrogens is 1250 g/mol. The number of nitrogens with one attached hydrogen (secondary N) is 1. The van der Waals surface area contributed by atoms with E-state index in [2.05, 4.69) is 197 Å². The van der Waals surface area contributed by atoms with Gasteiger partial charge in [-0.3, -0.25) is 9.69 Å². The van der Waals surface area contributed by atoms with Crippen molar-refractivity contribution >= 4 is 21.8 Å². The van der Waals surface area contributed by atoms with Crippen LogP contribution in [0.25, 0.3) is 0 Å². The summed E-state index contributed by atoms with van der Waals surface area (Å²) in [6.45, 7) is 83.6. The van der Waals surface area contributed by atoms with Crippen LogP contribution < -0.4 is 5.32 Å². The van der Waals surface area contributed by atoms with Crippen LogP contribution in [0, 0.1) is 84.7 Å². The number of hydrogen-bond donors (Lipinski definition) is 4. The lowest BCUT2D eigenvalue weighted by Crippen LogP contribution is -2.42. The Labute approximate surface area is 602 Å². The van der Waals surface area contributed by atoms with E-state index in [1.165, 1.54) is 19.2 Å². The number of ether oxygens (including phenoxy) is 2. The summed E-state index contributed by atoms with van der Waals surface area (Å²) >= 11 is 0. The third-order valence-electron chi connectivity index (χ3n) is 19.8. The van der Waals surface area contributed by atoms with E-state index in [1.54, 1.807) is 0 Å². The molecule has 0 aromatic carbocycles. The minimum absolute atomic E-state index is 0. The van der Waals surface area contributed by atoms with Crippen LogP contribution in [0.5, 0.6) is 0 Å². The lowest BCUT2D eigenvalue weighted by atomic mass is 9.75. The molecule has 16 heteroatoms. The summed E-state index contributed by atoms with van der Waals surface area (Å²) in [5.41, 5.74) is -1.12. The van der Waals surface area contributed by atoms with Gasteiger partial charge in [-0.1, -0.05) is 261 Å². The number of carbonyl (C=O) groups excluding carboxylic acids is 2. The molecule has 2 saturated heterocycles. The van der Waals surface area contributed by atoms with Gasteiger partial charge in [-0.2, -0.15) is 13.2 Å². The first-order valence-corrected chi connectivity index (χ1v) is 39.5. The molecule has 0 aromatic rings. The van der Waals surface area contributed by atoms with Crippen molar-refractivity contribution in [2.75, 3.05) is 64.5 Å². The number of aliphatic hydroxyl groups excluding tert-OH is 2. The maximum Gasteiger partial charge on any atom is 0.416 e. The van der Waals surface area contributed by atoms with E-state index >= 15 is 0 Å². The zero-order valence-corrected chi connectivity index (χ0v) is 71.1. The number of rotatable bonds is 23. The van der Waals surface area contributed by atoms with Crippen molar-refractivity contribution in [2.45, 2.75) is 363 Å². The number of sulfone groups is 1. The van der Waals surface area contributed by atoms with Gasteiger partial charge in [-0.05, 0) is 152 Å². The van der Waals surface area contributed by atoms with Crippen LogP contribution in [-0.2, 0) is 24.1 Å². The van der Waals surface area contributed by atoms with Crippen molar-refractivity contribution in [2.24, 2.45) is 84.7 Å². The van der Waals surface area contributed by atoms with Crippen LogP contribution in [0.3, 0.4) is 0 Å². The zero-order valence-electron chi connectivity index (χ0n) is 70.3. The van der Waals surface area contributed by atoms with Crippen molar-refractivity contribution in [3.8, 4) is 0 Å². The molecule has 12 nitrogen and oxygen atoms in total. The molecule has 0 bridgehead atoms. The average Bonchev–Trinajstić information content (AvgIpc) is 1.83. The fourth-order valence-corrected chi connectivity index (χ4v) is 13.3. The number of aliphatic hydroxyl groups is 3. The Morgan fingerprint density at radius 1 is 0.546 bits per heavy atom. The summed E-state index contributed by atoms with van der Waals surface area (Å²) in [6, 6.07) is 0. The second-order valence-electron chi connectivity index (χ2n) is 38.3. The van der Waals surface area contributed by atoms with Crippen molar-refractivity contribution in [1.29, 1.82) is 0 Å². The zero-order chi connectivity index (χ0) is 77.5. The Bertz CT molecular complexity index is 2090. The van der Waals surface area contributed by atoms with E-state index in [-0.39, 0.29) is 82.6 Å². The van der Waals surface area contributed by atoms with Gasteiger partial charge in [0.25, 0.3) is 0 Å². The fourth-order valence-electron chi connectivity index (χ4n) is 12.6. The maximum atomic E-state index is 12.4. The predicted octanol–water partition coefficient (Wildman–Crippen LogP) is 21.8. The first kappa shape index (κ1) is 106. The van der Waals surface area contributed by atoms with Crippen molar-refractivity contribution in [1.82, 2.24) is 15.1 Å². The summed E-state index contributed by atoms with van der Waals surface area (Å²) in [5.74, 6) is 3.94. The highest BCUT2D eigenvalue weighted by molar-refractivity contribution is 7.90. The smallest absolute Gasteiger partial charge is 0.416 e. The van der Waals surface area contributed by atoms with E-state index in [4.69, 9.17) is 9.47 Å². The lowest BCUT2D eigenvalue weighted by Gasteiger charge is -2.36. The Balaban J connectivity index is -0.000000250. The molecule has 10 atom stereocenters. The molecular formula is C81H170F3N3O9S. The minimum atomic E-state index is -4.54. The highest BCUT2D eigenvalue weighted by Gasteiger charge is 2.50. The largest absolute Gasteiger partial charge is 0.441 e. The van der Waals surface area contributed by atoms with E-state index < -0.39 is 21.6 Å². The van der Waals surface area contributed by atoms with E-state index in [0.29, 0.717) is 58.6 Å². The molecule has 590 valence electrons. The molecule has 0 radical (unpaired) electrons. The summed E-state index contributed by atoms with van der Waals surface area (Å²) in [5, 5.41) is 30.8. The predicted molar refractivity (Wildman–Crippen MR) is 414 cm³/mol. The van der Waals surface area contributed by atoms with E-state index in [0.717, 1.165) is 110 Å². The fraction of sp³-hybridized carbons (Fsp3) is 0.975. The molecule has 2 fully saturated rings. The molecule has 2 aliphatic rings. The van der Waals surface area contributed by atoms with Gasteiger partial charge in [-0.15, -0.1) is 0 Å². The van der Waals surface area contributed by atoms with Gasteiger partial charge in [0.2, 0.25) is 5.91 Å². The maximum absolute atomic E-state index is 12.4. The Morgan fingerprint density at radius 3 is 1.11 bits per heavy atom. The summed E-state index contributed by atoms with van der Waals surface area (Å²) in [7, 11) is -2.79. The van der Waals surface area contributed by atoms with Gasteiger partial charge in [0, 0.05) is 44.9 Å². The number of amides is 2. The first-order valence-electron chi connectivity index (χ1n) is 37.5. The van der Waals surface area contributed by atoms with Crippen LogP contribution in [0.1, 0.15) is 334 Å². The van der Waals surface area contributed by atoms with Gasteiger partial charge < -0.3 is 35.0 Å². The van der Waals surface area contributed by atoms with Crippen molar-refractivity contribution in [3.05, 3.63) is 0 Å². The van der Waals surface area contributed by atoms with Crippen LogP contribution in [0.2, 0.25) is 0 Å². The third kappa shape index (κ3) is 52.8. The molecule has 2 amide bonds.